The molecule has 0 bridgehead atoms. The van der Waals surface area contributed by atoms with Crippen LogP contribution < -0.4 is 24.4 Å². The lowest BCUT2D eigenvalue weighted by atomic mass is 10.1. The number of benzene rings is 3. The molecule has 0 aliphatic carbocycles. The second-order valence-corrected chi connectivity index (χ2v) is 8.07. The van der Waals surface area contributed by atoms with Crippen LogP contribution >= 0.6 is 0 Å². The maximum Gasteiger partial charge on any atom is 0.223 e. The minimum Gasteiger partial charge on any atom is -0.493 e. The van der Waals surface area contributed by atoms with Crippen molar-refractivity contribution in [1.29, 1.82) is 0 Å². The quantitative estimate of drug-likeness (QED) is 0.533. The average molecular weight is 447 g/mol. The number of nitrogens with one attached hydrogen (secondary N) is 1. The van der Waals surface area contributed by atoms with Gasteiger partial charge in [0, 0.05) is 13.1 Å². The van der Waals surface area contributed by atoms with Crippen LogP contribution in [0.5, 0.6) is 17.2 Å². The molecule has 0 fully saturated rings. The van der Waals surface area contributed by atoms with Crippen LogP contribution in [0.2, 0.25) is 0 Å². The van der Waals surface area contributed by atoms with Crippen molar-refractivity contribution in [3.63, 3.8) is 0 Å². The molecule has 0 saturated heterocycles. The highest BCUT2D eigenvalue weighted by Crippen LogP contribution is 2.34. The third-order valence-corrected chi connectivity index (χ3v) is 5.74. The Balaban J connectivity index is 1.33. The summed E-state index contributed by atoms with van der Waals surface area (Å²) in [5, 5.41) is 3.02. The third kappa shape index (κ3) is 5.77. The molecule has 1 heterocycles. The number of amides is 1. The van der Waals surface area contributed by atoms with E-state index < -0.39 is 0 Å². The van der Waals surface area contributed by atoms with E-state index in [0.29, 0.717) is 37.4 Å². The van der Waals surface area contributed by atoms with E-state index in [0.717, 1.165) is 23.5 Å². The van der Waals surface area contributed by atoms with Gasteiger partial charge in [0.15, 0.2) is 11.5 Å². The van der Waals surface area contributed by atoms with Crippen molar-refractivity contribution in [2.24, 2.45) is 0 Å². The number of carbonyl (C=O) groups excluding carboxylic acids is 1. The van der Waals surface area contributed by atoms with E-state index in [1.54, 1.807) is 14.2 Å². The molecule has 0 spiro atoms. The van der Waals surface area contributed by atoms with Gasteiger partial charge in [0.05, 0.1) is 32.9 Å². The van der Waals surface area contributed by atoms with Crippen molar-refractivity contribution in [1.82, 2.24) is 5.32 Å². The number of nitrogens with zero attached hydrogens (tertiary/aromatic N) is 1. The zero-order valence-corrected chi connectivity index (χ0v) is 19.1. The molecule has 4 rings (SSSR count). The normalized spacial score (nSPS) is 14.7. The summed E-state index contributed by atoms with van der Waals surface area (Å²) in [4.78, 5) is 14.9. The van der Waals surface area contributed by atoms with Crippen molar-refractivity contribution in [3.05, 3.63) is 83.9 Å². The Morgan fingerprint density at radius 1 is 0.970 bits per heavy atom. The smallest absolute Gasteiger partial charge is 0.223 e. The summed E-state index contributed by atoms with van der Waals surface area (Å²) in [6, 6.07) is 24.2. The Kier molecular flexibility index (Phi) is 7.35. The molecule has 0 radical (unpaired) electrons. The van der Waals surface area contributed by atoms with Gasteiger partial charge in [-0.15, -0.1) is 0 Å². The molecule has 6 nitrogen and oxygen atoms in total. The number of carbonyl (C=O) groups is 1. The minimum absolute atomic E-state index is 0.0143. The Morgan fingerprint density at radius 2 is 1.73 bits per heavy atom. The van der Waals surface area contributed by atoms with Gasteiger partial charge in [0.2, 0.25) is 5.91 Å². The number of hydrogen-bond donors (Lipinski definition) is 1. The first-order chi connectivity index (χ1) is 16.2. The number of para-hydroxylation sites is 2. The lowest BCUT2D eigenvalue weighted by Gasteiger charge is -2.36. The predicted octanol–water partition coefficient (Wildman–Crippen LogP) is 4.22. The van der Waals surface area contributed by atoms with Gasteiger partial charge < -0.3 is 24.4 Å². The van der Waals surface area contributed by atoms with E-state index in [4.69, 9.17) is 14.2 Å². The molecular formula is C27H30N2O4. The lowest BCUT2D eigenvalue weighted by Crippen LogP contribution is -2.42. The molecule has 3 aromatic rings. The summed E-state index contributed by atoms with van der Waals surface area (Å²) in [6.07, 6.45) is 0.816. The van der Waals surface area contributed by atoms with Crippen LogP contribution in [0.4, 0.5) is 5.69 Å². The molecule has 1 unspecified atom stereocenters. The van der Waals surface area contributed by atoms with Crippen molar-refractivity contribution >= 4 is 11.6 Å². The van der Waals surface area contributed by atoms with Crippen molar-refractivity contribution in [2.45, 2.75) is 25.5 Å². The summed E-state index contributed by atoms with van der Waals surface area (Å²) in [5.74, 6) is 2.19. The summed E-state index contributed by atoms with van der Waals surface area (Å²) < 4.78 is 16.8. The molecule has 0 saturated carbocycles. The summed E-state index contributed by atoms with van der Waals surface area (Å²) in [7, 11) is 3.23. The van der Waals surface area contributed by atoms with E-state index in [9.17, 15) is 4.79 Å². The zero-order valence-electron chi connectivity index (χ0n) is 19.1. The van der Waals surface area contributed by atoms with Crippen LogP contribution in [0.1, 0.15) is 17.5 Å². The van der Waals surface area contributed by atoms with E-state index in [-0.39, 0.29) is 12.0 Å². The number of hydrogen-bond acceptors (Lipinski definition) is 5. The molecule has 33 heavy (non-hydrogen) atoms. The number of rotatable bonds is 9. The van der Waals surface area contributed by atoms with Gasteiger partial charge in [-0.1, -0.05) is 48.5 Å². The second kappa shape index (κ2) is 10.8. The Hall–Kier alpha value is -3.67. The van der Waals surface area contributed by atoms with E-state index in [1.165, 1.54) is 5.56 Å². The zero-order chi connectivity index (χ0) is 23.0. The van der Waals surface area contributed by atoms with Crippen LogP contribution in [0, 0.1) is 0 Å². The highest BCUT2D eigenvalue weighted by Gasteiger charge is 2.27. The Morgan fingerprint density at radius 3 is 2.52 bits per heavy atom. The standard InChI is InChI=1S/C27H30N2O4/c1-31-25-13-12-20(16-26(25)32-2)14-15-28-27(30)17-22-19-29(18-21-8-4-3-5-9-21)23-10-6-7-11-24(23)33-22/h3-13,16,22H,14-15,17-19H2,1-2H3,(H,28,30). The topological polar surface area (TPSA) is 60.0 Å². The SMILES string of the molecule is COc1ccc(CCNC(=O)CC2CN(Cc3ccccc3)c3ccccc3O2)cc1OC. The number of fused-ring (bicyclic) bond motifs is 1. The maximum absolute atomic E-state index is 12.6. The highest BCUT2D eigenvalue weighted by molar-refractivity contribution is 5.77. The number of anilines is 1. The molecule has 1 amide bonds. The van der Waals surface area contributed by atoms with Crippen LogP contribution in [-0.2, 0) is 17.8 Å². The van der Waals surface area contributed by atoms with Crippen molar-refractivity contribution < 1.29 is 19.0 Å². The fourth-order valence-corrected chi connectivity index (χ4v) is 4.10. The molecule has 3 aromatic carbocycles. The van der Waals surface area contributed by atoms with Gasteiger partial charge in [-0.05, 0) is 41.8 Å². The summed E-state index contributed by atoms with van der Waals surface area (Å²) in [5.41, 5.74) is 3.36. The molecular weight excluding hydrogens is 416 g/mol. The van der Waals surface area contributed by atoms with Gasteiger partial charge in [0.1, 0.15) is 11.9 Å². The molecule has 1 aliphatic rings. The third-order valence-electron chi connectivity index (χ3n) is 5.74. The molecule has 1 aliphatic heterocycles. The van der Waals surface area contributed by atoms with Gasteiger partial charge >= 0.3 is 0 Å². The average Bonchev–Trinajstić information content (AvgIpc) is 2.84. The van der Waals surface area contributed by atoms with Crippen LogP contribution in [0.15, 0.2) is 72.8 Å². The highest BCUT2D eigenvalue weighted by atomic mass is 16.5. The van der Waals surface area contributed by atoms with Gasteiger partial charge in [-0.3, -0.25) is 4.79 Å². The largest absolute Gasteiger partial charge is 0.493 e. The van der Waals surface area contributed by atoms with Crippen LogP contribution in [0.3, 0.4) is 0 Å². The molecule has 0 aromatic heterocycles. The molecule has 172 valence electrons. The monoisotopic (exact) mass is 446 g/mol. The van der Waals surface area contributed by atoms with Crippen LogP contribution in [-0.4, -0.2) is 39.3 Å². The van der Waals surface area contributed by atoms with Crippen LogP contribution in [0.25, 0.3) is 0 Å². The fourth-order valence-electron chi connectivity index (χ4n) is 4.10. The minimum atomic E-state index is -0.204. The van der Waals surface area contributed by atoms with Crippen molar-refractivity contribution in [2.75, 3.05) is 32.2 Å². The first kappa shape index (κ1) is 22.5. The number of ether oxygens (including phenoxy) is 3. The molecule has 6 heteroatoms. The molecule has 1 N–H and O–H groups in total. The Labute approximate surface area is 195 Å². The van der Waals surface area contributed by atoms with E-state index in [1.807, 2.05) is 54.6 Å². The lowest BCUT2D eigenvalue weighted by molar-refractivity contribution is -0.122. The first-order valence-corrected chi connectivity index (χ1v) is 11.2. The van der Waals surface area contributed by atoms with Crippen molar-refractivity contribution in [3.8, 4) is 17.2 Å². The maximum atomic E-state index is 12.6. The van der Waals surface area contributed by atoms with Gasteiger partial charge in [0.25, 0.3) is 0 Å². The van der Waals surface area contributed by atoms with E-state index >= 15 is 0 Å². The predicted molar refractivity (Wildman–Crippen MR) is 129 cm³/mol. The fraction of sp³-hybridized carbons (Fsp3) is 0.296. The number of methoxy groups -OCH3 is 2. The second-order valence-electron chi connectivity index (χ2n) is 8.07. The summed E-state index contributed by atoms with van der Waals surface area (Å²) >= 11 is 0. The van der Waals surface area contributed by atoms with E-state index in [2.05, 4.69) is 28.4 Å². The Bertz CT molecular complexity index is 1070. The molecule has 1 atom stereocenters. The summed E-state index contributed by atoms with van der Waals surface area (Å²) in [6.45, 7) is 1.99. The van der Waals surface area contributed by atoms with Gasteiger partial charge in [-0.25, -0.2) is 0 Å². The van der Waals surface area contributed by atoms with Gasteiger partial charge in [-0.2, -0.15) is 0 Å². The first-order valence-electron chi connectivity index (χ1n) is 11.2.